The number of nitrogens with zero attached hydrogens (tertiary/aromatic N) is 3. The molecule has 0 bridgehead atoms. The van der Waals surface area contributed by atoms with Gasteiger partial charge in [0.15, 0.2) is 16.6 Å². The number of anilines is 1. The molecule has 0 saturated heterocycles. The van der Waals surface area contributed by atoms with Crippen LogP contribution >= 0.6 is 11.3 Å². The van der Waals surface area contributed by atoms with Crippen LogP contribution in [0, 0.1) is 10.1 Å². The lowest BCUT2D eigenvalue weighted by Gasteiger charge is -2.17. The Bertz CT molecular complexity index is 1270. The fraction of sp³-hybridized carbons (Fsp3) is 0.318. The van der Waals surface area contributed by atoms with Crippen molar-refractivity contribution in [2.75, 3.05) is 32.0 Å². The van der Waals surface area contributed by atoms with E-state index in [0.717, 1.165) is 18.0 Å². The van der Waals surface area contributed by atoms with Gasteiger partial charge in [0.25, 0.3) is 15.7 Å². The van der Waals surface area contributed by atoms with E-state index in [1.807, 2.05) is 13.8 Å². The Balaban J connectivity index is 2.02. The second-order valence-electron chi connectivity index (χ2n) is 7.18. The molecule has 2 aromatic carbocycles. The van der Waals surface area contributed by atoms with Gasteiger partial charge in [-0.15, -0.1) is 0 Å². The average molecular weight is 507 g/mol. The molecule has 0 amide bonds. The predicted octanol–water partition coefficient (Wildman–Crippen LogP) is 4.38. The van der Waals surface area contributed by atoms with Gasteiger partial charge in [-0.25, -0.2) is 13.4 Å². The Morgan fingerprint density at radius 3 is 2.41 bits per heavy atom. The number of hydrogen-bond acceptors (Lipinski definition) is 9. The van der Waals surface area contributed by atoms with Crippen molar-refractivity contribution in [2.45, 2.75) is 25.3 Å². The highest BCUT2D eigenvalue weighted by atomic mass is 32.2. The maximum absolute atomic E-state index is 13.1. The van der Waals surface area contributed by atoms with E-state index in [9.17, 15) is 18.5 Å². The number of non-ortho nitro benzene ring substituents is 1. The molecule has 0 saturated carbocycles. The Kier molecular flexibility index (Phi) is 8.07. The number of nitrogens with one attached hydrogen (secondary N) is 1. The van der Waals surface area contributed by atoms with Crippen molar-refractivity contribution in [3.63, 3.8) is 0 Å². The van der Waals surface area contributed by atoms with Crippen LogP contribution in [0.1, 0.15) is 18.7 Å². The molecule has 1 N–H and O–H groups in total. The van der Waals surface area contributed by atoms with Crippen molar-refractivity contribution >= 4 is 32.2 Å². The second kappa shape index (κ2) is 10.8. The molecule has 1 heterocycles. The van der Waals surface area contributed by atoms with Gasteiger partial charge in [0.05, 0.1) is 29.7 Å². The molecule has 3 aromatic rings. The first-order valence-electron chi connectivity index (χ1n) is 10.4. The normalized spacial score (nSPS) is 11.4. The first-order valence-corrected chi connectivity index (χ1v) is 12.7. The van der Waals surface area contributed by atoms with Crippen LogP contribution < -0.4 is 14.2 Å². The SMILES string of the molecule is CCN(CC)Cc1sc(NS(=O)(=O)c2ccc(OC)c(OC)c2)nc1-c1cccc([N+](=O)[O-])c1. The topological polar surface area (TPSA) is 124 Å². The molecule has 34 heavy (non-hydrogen) atoms. The summed E-state index contributed by atoms with van der Waals surface area (Å²) in [5.74, 6) is 0.689. The van der Waals surface area contributed by atoms with E-state index in [1.165, 1.54) is 55.9 Å². The molecular weight excluding hydrogens is 480 g/mol. The lowest BCUT2D eigenvalue weighted by Crippen LogP contribution is -2.21. The lowest BCUT2D eigenvalue weighted by atomic mass is 10.1. The number of rotatable bonds is 11. The summed E-state index contributed by atoms with van der Waals surface area (Å²) >= 11 is 1.20. The van der Waals surface area contributed by atoms with Crippen molar-refractivity contribution in [3.8, 4) is 22.8 Å². The predicted molar refractivity (Wildman–Crippen MR) is 131 cm³/mol. The zero-order valence-corrected chi connectivity index (χ0v) is 20.9. The number of benzene rings is 2. The zero-order valence-electron chi connectivity index (χ0n) is 19.3. The molecule has 0 spiro atoms. The van der Waals surface area contributed by atoms with Crippen molar-refractivity contribution in [1.82, 2.24) is 9.88 Å². The standard InChI is InChI=1S/C22H26N4O6S2/c1-5-25(6-2)14-20-21(15-8-7-9-16(12-15)26(27)28)23-22(33-20)24-34(29,30)17-10-11-18(31-3)19(13-17)32-4/h7-13H,5-6,14H2,1-4H3,(H,23,24). The van der Waals surface area contributed by atoms with E-state index >= 15 is 0 Å². The maximum Gasteiger partial charge on any atom is 0.270 e. The summed E-state index contributed by atoms with van der Waals surface area (Å²) in [5.41, 5.74) is 0.988. The second-order valence-corrected chi connectivity index (χ2v) is 9.95. The van der Waals surface area contributed by atoms with Crippen LogP contribution in [-0.4, -0.2) is 50.5 Å². The van der Waals surface area contributed by atoms with Crippen LogP contribution in [0.2, 0.25) is 0 Å². The minimum atomic E-state index is -3.98. The van der Waals surface area contributed by atoms with Crippen LogP contribution in [0.25, 0.3) is 11.3 Å². The van der Waals surface area contributed by atoms with Crippen LogP contribution in [0.15, 0.2) is 47.4 Å². The monoisotopic (exact) mass is 506 g/mol. The van der Waals surface area contributed by atoms with Gasteiger partial charge in [-0.2, -0.15) is 0 Å². The Morgan fingerprint density at radius 2 is 1.79 bits per heavy atom. The maximum atomic E-state index is 13.1. The van der Waals surface area contributed by atoms with Crippen molar-refractivity contribution in [2.24, 2.45) is 0 Å². The van der Waals surface area contributed by atoms with Gasteiger partial charge in [0, 0.05) is 35.2 Å². The first kappa shape index (κ1) is 25.4. The molecular formula is C22H26N4O6S2. The molecule has 0 atom stereocenters. The van der Waals surface area contributed by atoms with E-state index in [2.05, 4.69) is 14.6 Å². The summed E-state index contributed by atoms with van der Waals surface area (Å²) in [6.07, 6.45) is 0. The summed E-state index contributed by atoms with van der Waals surface area (Å²) in [6.45, 7) is 6.16. The first-order chi connectivity index (χ1) is 16.2. The molecule has 0 aliphatic rings. The van der Waals surface area contributed by atoms with Gasteiger partial charge in [-0.1, -0.05) is 37.3 Å². The van der Waals surface area contributed by atoms with E-state index in [-0.39, 0.29) is 21.5 Å². The number of hydrogen-bond donors (Lipinski definition) is 1. The van der Waals surface area contributed by atoms with E-state index in [4.69, 9.17) is 9.47 Å². The fourth-order valence-corrected chi connectivity index (χ4v) is 5.58. The van der Waals surface area contributed by atoms with Gasteiger partial charge in [0.2, 0.25) is 0 Å². The molecule has 0 radical (unpaired) electrons. The number of nitro benzene ring substituents is 1. The summed E-state index contributed by atoms with van der Waals surface area (Å²) in [5, 5.41) is 11.4. The summed E-state index contributed by atoms with van der Waals surface area (Å²) in [7, 11) is -1.09. The zero-order chi connectivity index (χ0) is 24.9. The molecule has 0 aliphatic heterocycles. The van der Waals surface area contributed by atoms with Gasteiger partial charge >= 0.3 is 0 Å². The molecule has 0 fully saturated rings. The van der Waals surface area contributed by atoms with Crippen LogP contribution in [0.3, 0.4) is 0 Å². The highest BCUT2D eigenvalue weighted by Gasteiger charge is 2.22. The van der Waals surface area contributed by atoms with E-state index < -0.39 is 14.9 Å². The fourth-order valence-electron chi connectivity index (χ4n) is 3.30. The van der Waals surface area contributed by atoms with Crippen LogP contribution in [-0.2, 0) is 16.6 Å². The minimum absolute atomic E-state index is 0.0115. The lowest BCUT2D eigenvalue weighted by molar-refractivity contribution is -0.384. The third-order valence-corrected chi connectivity index (χ3v) is 7.60. The molecule has 12 heteroatoms. The molecule has 0 unspecified atom stereocenters. The number of thiazole rings is 1. The molecule has 182 valence electrons. The van der Waals surface area contributed by atoms with Crippen molar-refractivity contribution in [3.05, 3.63) is 57.5 Å². The third-order valence-electron chi connectivity index (χ3n) is 5.18. The van der Waals surface area contributed by atoms with Crippen molar-refractivity contribution < 1.29 is 22.8 Å². The number of ether oxygens (including phenoxy) is 2. The van der Waals surface area contributed by atoms with Crippen LogP contribution in [0.4, 0.5) is 10.8 Å². The highest BCUT2D eigenvalue weighted by Crippen LogP contribution is 2.35. The Morgan fingerprint density at radius 1 is 1.09 bits per heavy atom. The number of sulfonamides is 1. The van der Waals surface area contributed by atoms with Crippen molar-refractivity contribution in [1.29, 1.82) is 0 Å². The molecule has 0 aliphatic carbocycles. The molecule has 3 rings (SSSR count). The van der Waals surface area contributed by atoms with Crippen LogP contribution in [0.5, 0.6) is 11.5 Å². The van der Waals surface area contributed by atoms with Gasteiger partial charge in [0.1, 0.15) is 0 Å². The minimum Gasteiger partial charge on any atom is -0.493 e. The Labute approximate surface area is 202 Å². The quantitative estimate of drug-likeness (QED) is 0.300. The molecule has 1 aromatic heterocycles. The summed E-state index contributed by atoms with van der Waals surface area (Å²) < 4.78 is 39.0. The summed E-state index contributed by atoms with van der Waals surface area (Å²) in [4.78, 5) is 18.2. The summed E-state index contributed by atoms with van der Waals surface area (Å²) in [6, 6.07) is 10.4. The number of aromatic nitrogens is 1. The van der Waals surface area contributed by atoms with E-state index in [0.29, 0.717) is 23.6 Å². The average Bonchev–Trinajstić information content (AvgIpc) is 3.23. The smallest absolute Gasteiger partial charge is 0.270 e. The Hall–Kier alpha value is -3.22. The number of methoxy groups -OCH3 is 2. The number of nitro groups is 1. The van der Waals surface area contributed by atoms with Gasteiger partial charge < -0.3 is 9.47 Å². The largest absolute Gasteiger partial charge is 0.493 e. The third kappa shape index (κ3) is 5.64. The molecule has 10 nitrogen and oxygen atoms in total. The van der Waals surface area contributed by atoms with Gasteiger partial charge in [-0.3, -0.25) is 19.7 Å². The highest BCUT2D eigenvalue weighted by molar-refractivity contribution is 7.93. The van der Waals surface area contributed by atoms with Gasteiger partial charge in [-0.05, 0) is 25.2 Å². The van der Waals surface area contributed by atoms with E-state index in [1.54, 1.807) is 12.1 Å².